The maximum absolute atomic E-state index is 12.3. The van der Waals surface area contributed by atoms with Crippen LogP contribution in [0.3, 0.4) is 0 Å². The van der Waals surface area contributed by atoms with Gasteiger partial charge in [-0.15, -0.1) is 0 Å². The number of hydrogen-bond donors (Lipinski definition) is 0. The van der Waals surface area contributed by atoms with Crippen molar-refractivity contribution >= 4 is 39.5 Å². The van der Waals surface area contributed by atoms with E-state index in [0.29, 0.717) is 23.1 Å². The van der Waals surface area contributed by atoms with E-state index in [2.05, 4.69) is 0 Å². The normalized spacial score (nSPS) is 20.8. The zero-order chi connectivity index (χ0) is 15.6. The molecule has 1 aliphatic carbocycles. The minimum atomic E-state index is -0.764. The van der Waals surface area contributed by atoms with E-state index in [1.54, 1.807) is 37.3 Å². The molecule has 0 saturated carbocycles. The fourth-order valence-electron chi connectivity index (χ4n) is 1.97. The van der Waals surface area contributed by atoms with Gasteiger partial charge < -0.3 is 0 Å². The molecule has 0 heterocycles. The van der Waals surface area contributed by atoms with Crippen LogP contribution in [0, 0.1) is 5.41 Å². The number of hydrogen-bond acceptors (Lipinski definition) is 3. The van der Waals surface area contributed by atoms with Crippen LogP contribution < -0.4 is 0 Å². The summed E-state index contributed by atoms with van der Waals surface area (Å²) in [5.41, 5.74) is 0.519. The van der Waals surface area contributed by atoms with Crippen LogP contribution in [0.25, 0.3) is 0 Å². The lowest BCUT2D eigenvalue weighted by Crippen LogP contribution is -2.23. The van der Waals surface area contributed by atoms with Gasteiger partial charge in [0, 0.05) is 16.7 Å². The van der Waals surface area contributed by atoms with Gasteiger partial charge in [-0.3, -0.25) is 14.4 Å². The average molecular weight is 323 g/mol. The van der Waals surface area contributed by atoms with Gasteiger partial charge in [0.2, 0.25) is 5.24 Å². The van der Waals surface area contributed by atoms with Crippen molar-refractivity contribution < 1.29 is 14.4 Å². The van der Waals surface area contributed by atoms with Crippen molar-refractivity contribution in [2.75, 3.05) is 0 Å². The van der Waals surface area contributed by atoms with Gasteiger partial charge in [-0.2, -0.15) is 0 Å². The molecule has 1 aromatic rings. The molecule has 0 spiro atoms. The predicted molar refractivity (Wildman–Crippen MR) is 81.8 cm³/mol. The van der Waals surface area contributed by atoms with Crippen molar-refractivity contribution in [3.8, 4) is 0 Å². The molecule has 1 unspecified atom stereocenters. The van der Waals surface area contributed by atoms with E-state index in [0.717, 1.165) is 0 Å². The first-order valence-electron chi connectivity index (χ1n) is 6.27. The molecule has 21 heavy (non-hydrogen) atoms. The maximum Gasteiger partial charge on any atom is 0.252 e. The van der Waals surface area contributed by atoms with Crippen molar-refractivity contribution in [3.05, 3.63) is 59.2 Å². The number of halogens is 2. The SMILES string of the molecule is CC1(C(=O)Cl)C=CC(C(=O)c2ccc(C(=O)Cl)cc2)=CC1. The van der Waals surface area contributed by atoms with Crippen LogP contribution >= 0.6 is 23.2 Å². The van der Waals surface area contributed by atoms with Crippen LogP contribution in [0.4, 0.5) is 0 Å². The molecule has 3 nitrogen and oxygen atoms in total. The van der Waals surface area contributed by atoms with Crippen LogP contribution in [-0.2, 0) is 4.79 Å². The fraction of sp³-hybridized carbons (Fsp3) is 0.188. The monoisotopic (exact) mass is 322 g/mol. The van der Waals surface area contributed by atoms with Crippen LogP contribution in [0.5, 0.6) is 0 Å². The van der Waals surface area contributed by atoms with Gasteiger partial charge in [0.15, 0.2) is 5.78 Å². The minimum Gasteiger partial charge on any atom is -0.289 e. The maximum atomic E-state index is 12.3. The van der Waals surface area contributed by atoms with Crippen LogP contribution in [0.2, 0.25) is 0 Å². The van der Waals surface area contributed by atoms with Gasteiger partial charge in [-0.05, 0) is 48.7 Å². The lowest BCUT2D eigenvalue weighted by atomic mass is 9.82. The van der Waals surface area contributed by atoms with E-state index < -0.39 is 15.9 Å². The topological polar surface area (TPSA) is 51.2 Å². The van der Waals surface area contributed by atoms with Gasteiger partial charge in [-0.25, -0.2) is 0 Å². The summed E-state index contributed by atoms with van der Waals surface area (Å²) in [7, 11) is 0. The summed E-state index contributed by atoms with van der Waals surface area (Å²) in [6.07, 6.45) is 5.33. The van der Waals surface area contributed by atoms with Crippen molar-refractivity contribution in [3.63, 3.8) is 0 Å². The molecule has 1 aliphatic rings. The zero-order valence-corrected chi connectivity index (χ0v) is 12.7. The summed E-state index contributed by atoms with van der Waals surface area (Å²) in [6, 6.07) is 6.10. The number of ketones is 1. The Labute approximate surface area is 132 Å². The zero-order valence-electron chi connectivity index (χ0n) is 11.2. The lowest BCUT2D eigenvalue weighted by molar-refractivity contribution is -0.117. The third-order valence-corrected chi connectivity index (χ3v) is 4.11. The minimum absolute atomic E-state index is 0.177. The summed E-state index contributed by atoms with van der Waals surface area (Å²) in [4.78, 5) is 34.6. The summed E-state index contributed by atoms with van der Waals surface area (Å²) in [6.45, 7) is 1.72. The summed E-state index contributed by atoms with van der Waals surface area (Å²) >= 11 is 10.9. The number of Topliss-reactive ketones (excluding diaryl/α,β-unsaturated/α-hetero) is 1. The van der Waals surface area contributed by atoms with Crippen molar-refractivity contribution in [1.29, 1.82) is 0 Å². The number of benzene rings is 1. The van der Waals surface area contributed by atoms with E-state index >= 15 is 0 Å². The second kappa shape index (κ2) is 5.96. The Morgan fingerprint density at radius 1 is 1.05 bits per heavy atom. The van der Waals surface area contributed by atoms with Crippen molar-refractivity contribution in [2.24, 2.45) is 5.41 Å². The molecule has 5 heteroatoms. The van der Waals surface area contributed by atoms with Crippen LogP contribution in [0.1, 0.15) is 34.1 Å². The Kier molecular flexibility index (Phi) is 4.45. The molecular formula is C16H12Cl2O3. The molecule has 108 valence electrons. The first kappa shape index (κ1) is 15.7. The highest BCUT2D eigenvalue weighted by molar-refractivity contribution is 6.67. The molecule has 0 fully saturated rings. The number of allylic oxidation sites excluding steroid dienone is 4. The van der Waals surface area contributed by atoms with E-state index in [9.17, 15) is 14.4 Å². The van der Waals surface area contributed by atoms with E-state index in [4.69, 9.17) is 23.2 Å². The molecule has 0 amide bonds. The molecule has 0 N–H and O–H groups in total. The van der Waals surface area contributed by atoms with Crippen molar-refractivity contribution in [2.45, 2.75) is 13.3 Å². The van der Waals surface area contributed by atoms with Gasteiger partial charge >= 0.3 is 0 Å². The van der Waals surface area contributed by atoms with Gasteiger partial charge in [0.1, 0.15) is 0 Å². The third kappa shape index (κ3) is 3.31. The Morgan fingerprint density at radius 2 is 1.62 bits per heavy atom. The first-order valence-corrected chi connectivity index (χ1v) is 7.03. The number of carbonyl (C=O) groups is 3. The van der Waals surface area contributed by atoms with Crippen molar-refractivity contribution in [1.82, 2.24) is 0 Å². The smallest absolute Gasteiger partial charge is 0.252 e. The second-order valence-electron chi connectivity index (χ2n) is 5.07. The third-order valence-electron chi connectivity index (χ3n) is 3.46. The quantitative estimate of drug-likeness (QED) is 0.623. The molecule has 2 rings (SSSR count). The number of carbonyl (C=O) groups excluding carboxylic acids is 3. The fourth-order valence-corrected chi connectivity index (χ4v) is 2.23. The Bertz CT molecular complexity index is 671. The predicted octanol–water partition coefficient (Wildman–Crippen LogP) is 3.91. The molecular weight excluding hydrogens is 311 g/mol. The molecule has 0 aliphatic heterocycles. The molecule has 0 bridgehead atoms. The highest BCUT2D eigenvalue weighted by Crippen LogP contribution is 2.32. The Balaban J connectivity index is 2.19. The number of rotatable bonds is 4. The van der Waals surface area contributed by atoms with Gasteiger partial charge in [0.05, 0.1) is 5.41 Å². The van der Waals surface area contributed by atoms with E-state index in [1.165, 1.54) is 12.1 Å². The summed E-state index contributed by atoms with van der Waals surface area (Å²) in [5.74, 6) is -0.177. The molecule has 1 atom stereocenters. The molecule has 0 aromatic heterocycles. The lowest BCUT2D eigenvalue weighted by Gasteiger charge is -2.23. The van der Waals surface area contributed by atoms with Crippen LogP contribution in [0.15, 0.2) is 48.1 Å². The summed E-state index contributed by atoms with van der Waals surface area (Å²) in [5, 5.41) is -1.02. The Hall–Kier alpha value is -1.71. The van der Waals surface area contributed by atoms with E-state index in [1.807, 2.05) is 0 Å². The highest BCUT2D eigenvalue weighted by Gasteiger charge is 2.30. The highest BCUT2D eigenvalue weighted by atomic mass is 35.5. The first-order chi connectivity index (χ1) is 9.83. The molecule has 1 aromatic carbocycles. The summed E-state index contributed by atoms with van der Waals surface area (Å²) < 4.78 is 0. The molecule has 0 radical (unpaired) electrons. The van der Waals surface area contributed by atoms with Gasteiger partial charge in [-0.1, -0.05) is 30.4 Å². The Morgan fingerprint density at radius 3 is 2.05 bits per heavy atom. The average Bonchev–Trinajstić information content (AvgIpc) is 2.47. The second-order valence-corrected chi connectivity index (χ2v) is 5.75. The van der Waals surface area contributed by atoms with Crippen LogP contribution in [-0.4, -0.2) is 16.3 Å². The standard InChI is InChI=1S/C16H12Cl2O3/c1-16(15(18)21)8-6-11(7-9-16)13(19)10-2-4-12(5-3-10)14(17)20/h2-8H,9H2,1H3. The van der Waals surface area contributed by atoms with E-state index in [-0.39, 0.29) is 5.78 Å². The van der Waals surface area contributed by atoms with Gasteiger partial charge in [0.25, 0.3) is 5.24 Å². The molecule has 0 saturated heterocycles. The largest absolute Gasteiger partial charge is 0.289 e.